The minimum absolute atomic E-state index is 0.0734. The van der Waals surface area contributed by atoms with Crippen LogP contribution >= 0.6 is 0 Å². The zero-order chi connectivity index (χ0) is 22.0. The third-order valence-corrected chi connectivity index (χ3v) is 5.75. The number of nitrogens with zero attached hydrogens (tertiary/aromatic N) is 3. The van der Waals surface area contributed by atoms with E-state index in [-0.39, 0.29) is 4.90 Å². The number of aromatic nitrogens is 3. The van der Waals surface area contributed by atoms with Crippen molar-refractivity contribution in [2.24, 2.45) is 5.14 Å². The highest BCUT2D eigenvalue weighted by Crippen LogP contribution is 2.33. The normalized spacial score (nSPS) is 11.5. The van der Waals surface area contributed by atoms with Crippen molar-refractivity contribution in [2.75, 3.05) is 19.5 Å². The van der Waals surface area contributed by atoms with Gasteiger partial charge in [-0.3, -0.25) is 4.40 Å². The fraction of sp³-hybridized carbons (Fsp3) is 0.143. The van der Waals surface area contributed by atoms with Crippen molar-refractivity contribution in [3.05, 3.63) is 66.6 Å². The molecule has 0 spiro atoms. The molecule has 2 heterocycles. The van der Waals surface area contributed by atoms with Crippen LogP contribution in [0, 0.1) is 0 Å². The number of hydrogen-bond acceptors (Lipinski definition) is 7. The lowest BCUT2D eigenvalue weighted by molar-refractivity contribution is 0.355. The fourth-order valence-electron chi connectivity index (χ4n) is 3.24. The minimum Gasteiger partial charge on any atom is -0.493 e. The van der Waals surface area contributed by atoms with Crippen molar-refractivity contribution < 1.29 is 17.9 Å². The molecule has 0 atom stereocenters. The molecule has 0 bridgehead atoms. The summed E-state index contributed by atoms with van der Waals surface area (Å²) in [6.45, 7) is 0.441. The van der Waals surface area contributed by atoms with Gasteiger partial charge in [-0.25, -0.2) is 23.5 Å². The van der Waals surface area contributed by atoms with Gasteiger partial charge in [-0.2, -0.15) is 0 Å². The van der Waals surface area contributed by atoms with E-state index in [2.05, 4.69) is 15.3 Å². The molecule has 2 aromatic carbocycles. The average Bonchev–Trinajstić information content (AvgIpc) is 3.21. The van der Waals surface area contributed by atoms with E-state index < -0.39 is 10.0 Å². The van der Waals surface area contributed by atoms with Crippen molar-refractivity contribution in [1.82, 2.24) is 14.4 Å². The SMILES string of the molecule is COc1ccc(-c2cnc3c(NCc4ccc(S(N)(=O)=O)cc4)nccn23)cc1OC. The van der Waals surface area contributed by atoms with E-state index >= 15 is 0 Å². The molecule has 0 aliphatic heterocycles. The Balaban J connectivity index is 1.61. The van der Waals surface area contributed by atoms with Gasteiger partial charge in [-0.05, 0) is 35.9 Å². The summed E-state index contributed by atoms with van der Waals surface area (Å²) >= 11 is 0. The first kappa shape index (κ1) is 20.6. The van der Waals surface area contributed by atoms with Crippen LogP contribution in [0.25, 0.3) is 16.9 Å². The second kappa shape index (κ2) is 8.25. The molecule has 0 saturated heterocycles. The largest absolute Gasteiger partial charge is 0.493 e. The summed E-state index contributed by atoms with van der Waals surface area (Å²) in [6, 6.07) is 12.0. The molecule has 31 heavy (non-hydrogen) atoms. The highest BCUT2D eigenvalue weighted by atomic mass is 32.2. The van der Waals surface area contributed by atoms with E-state index in [1.807, 2.05) is 28.8 Å². The van der Waals surface area contributed by atoms with Gasteiger partial charge < -0.3 is 14.8 Å². The zero-order valence-electron chi connectivity index (χ0n) is 16.9. The Morgan fingerprint density at radius 3 is 2.45 bits per heavy atom. The third-order valence-electron chi connectivity index (χ3n) is 4.82. The van der Waals surface area contributed by atoms with Gasteiger partial charge in [0.1, 0.15) is 0 Å². The molecular weight excluding hydrogens is 418 g/mol. The second-order valence-corrected chi connectivity index (χ2v) is 8.29. The molecule has 0 saturated carbocycles. The molecular formula is C21H21N5O4S. The van der Waals surface area contributed by atoms with Gasteiger partial charge in [0.2, 0.25) is 10.0 Å². The number of anilines is 1. The van der Waals surface area contributed by atoms with Crippen molar-refractivity contribution in [1.29, 1.82) is 0 Å². The first-order valence-electron chi connectivity index (χ1n) is 9.31. The molecule has 3 N–H and O–H groups in total. The van der Waals surface area contributed by atoms with Crippen molar-refractivity contribution in [2.45, 2.75) is 11.4 Å². The van der Waals surface area contributed by atoms with Crippen molar-refractivity contribution in [3.63, 3.8) is 0 Å². The molecule has 0 fully saturated rings. The van der Waals surface area contributed by atoms with Crippen molar-refractivity contribution in [3.8, 4) is 22.8 Å². The van der Waals surface area contributed by atoms with E-state index in [1.165, 1.54) is 12.1 Å². The molecule has 160 valence electrons. The number of nitrogens with one attached hydrogen (secondary N) is 1. The van der Waals surface area contributed by atoms with Crippen LogP contribution in [0.4, 0.5) is 5.82 Å². The summed E-state index contributed by atoms with van der Waals surface area (Å²) in [6.07, 6.45) is 5.29. The number of rotatable bonds is 7. The molecule has 0 unspecified atom stereocenters. The predicted octanol–water partition coefficient (Wildman–Crippen LogP) is 2.67. The zero-order valence-corrected chi connectivity index (χ0v) is 17.8. The molecule has 0 aliphatic rings. The number of methoxy groups -OCH3 is 2. The van der Waals surface area contributed by atoms with Gasteiger partial charge in [-0.1, -0.05) is 12.1 Å². The summed E-state index contributed by atoms with van der Waals surface area (Å²) in [5.74, 6) is 1.88. The highest BCUT2D eigenvalue weighted by molar-refractivity contribution is 7.89. The van der Waals surface area contributed by atoms with Crippen LogP contribution in [-0.4, -0.2) is 37.0 Å². The van der Waals surface area contributed by atoms with Gasteiger partial charge in [-0.15, -0.1) is 0 Å². The number of fused-ring (bicyclic) bond motifs is 1. The predicted molar refractivity (Wildman–Crippen MR) is 117 cm³/mol. The van der Waals surface area contributed by atoms with E-state index in [1.54, 1.807) is 38.7 Å². The maximum Gasteiger partial charge on any atom is 0.238 e. The van der Waals surface area contributed by atoms with E-state index in [9.17, 15) is 8.42 Å². The Labute approximate surface area is 179 Å². The summed E-state index contributed by atoms with van der Waals surface area (Å²) < 4.78 is 35.4. The maximum atomic E-state index is 11.4. The quantitative estimate of drug-likeness (QED) is 0.454. The smallest absolute Gasteiger partial charge is 0.238 e. The number of imidazole rings is 1. The molecule has 10 heteroatoms. The maximum absolute atomic E-state index is 11.4. The second-order valence-electron chi connectivity index (χ2n) is 6.73. The average molecular weight is 439 g/mol. The van der Waals surface area contributed by atoms with Gasteiger partial charge in [0.05, 0.1) is 31.0 Å². The van der Waals surface area contributed by atoms with Gasteiger partial charge >= 0.3 is 0 Å². The first-order chi connectivity index (χ1) is 14.9. The summed E-state index contributed by atoms with van der Waals surface area (Å²) in [4.78, 5) is 8.99. The number of ether oxygens (including phenoxy) is 2. The molecule has 4 aromatic rings. The van der Waals surface area contributed by atoms with Crippen LogP contribution in [0.15, 0.2) is 66.0 Å². The third kappa shape index (κ3) is 4.16. The molecule has 9 nitrogen and oxygen atoms in total. The van der Waals surface area contributed by atoms with Crippen LogP contribution in [0.3, 0.4) is 0 Å². The monoisotopic (exact) mass is 439 g/mol. The number of primary sulfonamides is 1. The van der Waals surface area contributed by atoms with Gasteiger partial charge in [0, 0.05) is 24.5 Å². The van der Waals surface area contributed by atoms with Crippen LogP contribution in [0.5, 0.6) is 11.5 Å². The summed E-state index contributed by atoms with van der Waals surface area (Å²) in [5.41, 5.74) is 3.33. The number of hydrogen-bond donors (Lipinski definition) is 2. The van der Waals surface area contributed by atoms with Gasteiger partial charge in [0.25, 0.3) is 0 Å². The van der Waals surface area contributed by atoms with E-state index in [0.717, 1.165) is 16.8 Å². The van der Waals surface area contributed by atoms with Crippen LogP contribution < -0.4 is 19.9 Å². The van der Waals surface area contributed by atoms with Crippen molar-refractivity contribution >= 4 is 21.5 Å². The van der Waals surface area contributed by atoms with Crippen LogP contribution in [0.2, 0.25) is 0 Å². The van der Waals surface area contributed by atoms with Crippen LogP contribution in [0.1, 0.15) is 5.56 Å². The number of nitrogens with two attached hydrogens (primary N) is 1. The summed E-state index contributed by atoms with van der Waals surface area (Å²) in [7, 11) is -0.522. The Kier molecular flexibility index (Phi) is 5.49. The molecule has 4 rings (SSSR count). The van der Waals surface area contributed by atoms with Crippen LogP contribution in [-0.2, 0) is 16.6 Å². The Hall–Kier alpha value is -3.63. The lowest BCUT2D eigenvalue weighted by Crippen LogP contribution is -2.12. The van der Waals surface area contributed by atoms with Gasteiger partial charge in [0.15, 0.2) is 23.0 Å². The Morgan fingerprint density at radius 1 is 1.03 bits per heavy atom. The van der Waals surface area contributed by atoms with E-state index in [0.29, 0.717) is 29.5 Å². The molecule has 0 amide bonds. The number of sulfonamides is 1. The molecule has 2 aromatic heterocycles. The first-order valence-corrected chi connectivity index (χ1v) is 10.9. The Bertz CT molecular complexity index is 1330. The Morgan fingerprint density at radius 2 is 1.77 bits per heavy atom. The fourth-order valence-corrected chi connectivity index (χ4v) is 3.75. The topological polar surface area (TPSA) is 121 Å². The van der Waals surface area contributed by atoms with E-state index in [4.69, 9.17) is 14.6 Å². The highest BCUT2D eigenvalue weighted by Gasteiger charge is 2.13. The molecule has 0 aliphatic carbocycles. The lowest BCUT2D eigenvalue weighted by atomic mass is 10.1. The standard InChI is InChI=1S/C21H21N5O4S/c1-29-18-8-5-15(11-19(18)30-2)17-13-25-21-20(23-9-10-26(17)21)24-12-14-3-6-16(7-4-14)31(22,27)28/h3-11,13H,12H2,1-2H3,(H,23,24)(H2,22,27,28). The summed E-state index contributed by atoms with van der Waals surface area (Å²) in [5, 5.41) is 8.39. The lowest BCUT2D eigenvalue weighted by Gasteiger charge is -2.10. The number of benzene rings is 2. The molecule has 0 radical (unpaired) electrons. The minimum atomic E-state index is -3.71.